The predicted molar refractivity (Wildman–Crippen MR) is 80.0 cm³/mol. The number of para-hydroxylation sites is 1. The highest BCUT2D eigenvalue weighted by Gasteiger charge is 2.31. The summed E-state index contributed by atoms with van der Waals surface area (Å²) in [6.45, 7) is 0.147. The first-order valence-corrected chi connectivity index (χ1v) is 9.90. The summed E-state index contributed by atoms with van der Waals surface area (Å²) in [4.78, 5) is 0. The molecule has 0 unspecified atom stereocenters. The molecular weight excluding hydrogens is 316 g/mol. The highest BCUT2D eigenvalue weighted by molar-refractivity contribution is 8.08. The summed E-state index contributed by atoms with van der Waals surface area (Å²) < 4.78 is 48.5. The molecule has 7 nitrogen and oxygen atoms in total. The van der Waals surface area contributed by atoms with Gasteiger partial charge in [0.1, 0.15) is 0 Å². The molecule has 1 aromatic carbocycles. The molecule has 0 saturated heterocycles. The molecule has 21 heavy (non-hydrogen) atoms. The number of sulfone groups is 1. The van der Waals surface area contributed by atoms with Gasteiger partial charge in [-0.2, -0.15) is 0 Å². The number of sulfonamides is 1. The fourth-order valence-electron chi connectivity index (χ4n) is 2.31. The molecule has 9 heteroatoms. The summed E-state index contributed by atoms with van der Waals surface area (Å²) >= 11 is 0. The van der Waals surface area contributed by atoms with Crippen LogP contribution in [-0.2, 0) is 19.9 Å². The van der Waals surface area contributed by atoms with E-state index in [4.69, 9.17) is 5.21 Å². The quantitative estimate of drug-likeness (QED) is 0.651. The van der Waals surface area contributed by atoms with Gasteiger partial charge in [0, 0.05) is 18.4 Å². The molecule has 0 aliphatic carbocycles. The van der Waals surface area contributed by atoms with E-state index in [-0.39, 0.29) is 6.54 Å². The van der Waals surface area contributed by atoms with E-state index in [1.165, 1.54) is 0 Å². The Morgan fingerprint density at radius 3 is 2.52 bits per heavy atom. The number of rotatable bonds is 3. The maximum atomic E-state index is 12.4. The molecule has 1 heterocycles. The summed E-state index contributed by atoms with van der Waals surface area (Å²) in [6, 6.07) is 6.59. The van der Waals surface area contributed by atoms with Crippen LogP contribution in [-0.4, -0.2) is 45.6 Å². The van der Waals surface area contributed by atoms with E-state index in [2.05, 4.69) is 5.16 Å². The standard InChI is InChI=1S/C12H16N2O5S2/c1-20(16,17)9-21(18,19)14-8-4-6-11(13-15)10-5-2-3-7-12(10)14/h2-3,5,7,15H,4,6,8-9H2,1H3/b13-11-. The summed E-state index contributed by atoms with van der Waals surface area (Å²) in [5.41, 5.74) is 1.23. The van der Waals surface area contributed by atoms with Gasteiger partial charge in [0.2, 0.25) is 10.0 Å². The lowest BCUT2D eigenvalue weighted by Gasteiger charge is -2.23. The minimum atomic E-state index is -4.00. The van der Waals surface area contributed by atoms with Crippen molar-refractivity contribution in [3.8, 4) is 0 Å². The van der Waals surface area contributed by atoms with Gasteiger partial charge in [-0.15, -0.1) is 0 Å². The van der Waals surface area contributed by atoms with Gasteiger partial charge in [0.15, 0.2) is 14.9 Å². The van der Waals surface area contributed by atoms with Gasteiger partial charge in [-0.25, -0.2) is 16.8 Å². The number of nitrogens with zero attached hydrogens (tertiary/aromatic N) is 2. The summed E-state index contributed by atoms with van der Waals surface area (Å²) in [6.07, 6.45) is 1.74. The van der Waals surface area contributed by atoms with E-state index in [1.54, 1.807) is 24.3 Å². The minimum Gasteiger partial charge on any atom is -0.411 e. The van der Waals surface area contributed by atoms with Crippen molar-refractivity contribution in [1.82, 2.24) is 0 Å². The second-order valence-corrected chi connectivity index (χ2v) is 9.29. The van der Waals surface area contributed by atoms with Crippen molar-refractivity contribution in [2.75, 3.05) is 22.2 Å². The molecule has 0 atom stereocenters. The van der Waals surface area contributed by atoms with Crippen LogP contribution in [0.5, 0.6) is 0 Å². The average Bonchev–Trinajstić information content (AvgIpc) is 2.55. The molecule has 2 rings (SSSR count). The molecule has 1 aliphatic rings. The van der Waals surface area contributed by atoms with Gasteiger partial charge in [-0.05, 0) is 18.9 Å². The maximum absolute atomic E-state index is 12.4. The molecule has 0 spiro atoms. The third kappa shape index (κ3) is 3.53. The van der Waals surface area contributed by atoms with Crippen molar-refractivity contribution in [2.24, 2.45) is 5.16 Å². The van der Waals surface area contributed by atoms with Crippen LogP contribution in [0.1, 0.15) is 18.4 Å². The topological polar surface area (TPSA) is 104 Å². The Bertz CT molecular complexity index is 769. The Hall–Kier alpha value is -1.61. The van der Waals surface area contributed by atoms with Crippen molar-refractivity contribution in [3.05, 3.63) is 29.8 Å². The minimum absolute atomic E-state index is 0.147. The number of fused-ring (bicyclic) bond motifs is 1. The van der Waals surface area contributed by atoms with Crippen LogP contribution in [0.15, 0.2) is 29.4 Å². The smallest absolute Gasteiger partial charge is 0.249 e. The Morgan fingerprint density at radius 1 is 1.24 bits per heavy atom. The second-order valence-electron chi connectivity index (χ2n) is 4.90. The Labute approximate surface area is 123 Å². The zero-order valence-electron chi connectivity index (χ0n) is 11.4. The third-order valence-electron chi connectivity index (χ3n) is 3.08. The largest absolute Gasteiger partial charge is 0.411 e. The fraction of sp³-hybridized carbons (Fsp3) is 0.417. The zero-order chi connectivity index (χ0) is 15.7. The van der Waals surface area contributed by atoms with E-state index in [0.717, 1.165) is 10.6 Å². The normalized spacial score (nSPS) is 18.3. The average molecular weight is 332 g/mol. The highest BCUT2D eigenvalue weighted by Crippen LogP contribution is 2.29. The van der Waals surface area contributed by atoms with Crippen LogP contribution in [0.4, 0.5) is 5.69 Å². The van der Waals surface area contributed by atoms with E-state index in [9.17, 15) is 16.8 Å². The molecule has 116 valence electrons. The zero-order valence-corrected chi connectivity index (χ0v) is 13.1. The Kier molecular flexibility index (Phi) is 4.24. The van der Waals surface area contributed by atoms with Crippen molar-refractivity contribution >= 4 is 31.3 Å². The molecule has 0 radical (unpaired) electrons. The van der Waals surface area contributed by atoms with Crippen molar-refractivity contribution in [1.29, 1.82) is 0 Å². The van der Waals surface area contributed by atoms with E-state index < -0.39 is 24.9 Å². The van der Waals surface area contributed by atoms with Gasteiger partial charge >= 0.3 is 0 Å². The van der Waals surface area contributed by atoms with Gasteiger partial charge in [-0.3, -0.25) is 4.31 Å². The number of hydrogen-bond acceptors (Lipinski definition) is 6. The molecule has 0 aromatic heterocycles. The number of oxime groups is 1. The van der Waals surface area contributed by atoms with E-state index in [0.29, 0.717) is 29.8 Å². The monoisotopic (exact) mass is 332 g/mol. The number of anilines is 1. The first-order chi connectivity index (χ1) is 9.74. The Balaban J connectivity index is 2.55. The van der Waals surface area contributed by atoms with Gasteiger partial charge in [0.25, 0.3) is 0 Å². The molecule has 1 aromatic rings. The molecule has 1 aliphatic heterocycles. The molecule has 0 amide bonds. The van der Waals surface area contributed by atoms with Crippen LogP contribution in [0.3, 0.4) is 0 Å². The molecule has 0 saturated carbocycles. The van der Waals surface area contributed by atoms with Crippen molar-refractivity contribution < 1.29 is 22.0 Å². The van der Waals surface area contributed by atoms with Gasteiger partial charge in [-0.1, -0.05) is 23.4 Å². The lowest BCUT2D eigenvalue weighted by atomic mass is 10.1. The molecular formula is C12H16N2O5S2. The number of hydrogen-bond donors (Lipinski definition) is 1. The van der Waals surface area contributed by atoms with Gasteiger partial charge in [0.05, 0.1) is 11.4 Å². The first kappa shape index (κ1) is 15.8. The summed E-state index contributed by atoms with van der Waals surface area (Å²) in [7, 11) is -7.67. The lowest BCUT2D eigenvalue weighted by molar-refractivity contribution is 0.318. The molecule has 1 N–H and O–H groups in total. The molecule has 0 fully saturated rings. The predicted octanol–water partition coefficient (Wildman–Crippen LogP) is 0.797. The fourth-order valence-corrected chi connectivity index (χ4v) is 5.85. The van der Waals surface area contributed by atoms with Crippen LogP contribution in [0, 0.1) is 0 Å². The van der Waals surface area contributed by atoms with Crippen molar-refractivity contribution in [3.63, 3.8) is 0 Å². The SMILES string of the molecule is CS(=O)(=O)CS(=O)(=O)N1CCC/C(=N/O)c2ccccc21. The van der Waals surface area contributed by atoms with Gasteiger partial charge < -0.3 is 5.21 Å². The highest BCUT2D eigenvalue weighted by atomic mass is 32.3. The van der Waals surface area contributed by atoms with E-state index in [1.807, 2.05) is 0 Å². The number of benzene rings is 1. The summed E-state index contributed by atoms with van der Waals surface area (Å²) in [5.74, 6) is 0. The van der Waals surface area contributed by atoms with Crippen LogP contribution in [0.2, 0.25) is 0 Å². The third-order valence-corrected chi connectivity index (χ3v) is 7.03. The first-order valence-electron chi connectivity index (χ1n) is 6.23. The van der Waals surface area contributed by atoms with Crippen molar-refractivity contribution in [2.45, 2.75) is 12.8 Å². The summed E-state index contributed by atoms with van der Waals surface area (Å²) in [5, 5.41) is 11.3. The van der Waals surface area contributed by atoms with E-state index >= 15 is 0 Å². The molecule has 0 bridgehead atoms. The van der Waals surface area contributed by atoms with Crippen LogP contribution in [0.25, 0.3) is 0 Å². The van der Waals surface area contributed by atoms with Crippen LogP contribution < -0.4 is 4.31 Å². The maximum Gasteiger partial charge on any atom is 0.249 e. The van der Waals surface area contributed by atoms with Crippen LogP contribution >= 0.6 is 0 Å². The second kappa shape index (κ2) is 5.64. The Morgan fingerprint density at radius 2 is 1.90 bits per heavy atom. The lowest BCUT2D eigenvalue weighted by Crippen LogP contribution is -2.36.